The number of hydrogen-bond donors (Lipinski definition) is 3. The zero-order valence-electron chi connectivity index (χ0n) is 27.2. The molecule has 3 amide bonds. The first-order chi connectivity index (χ1) is 23.5. The number of alkyl carbamates (subject to hydrolysis) is 1. The summed E-state index contributed by atoms with van der Waals surface area (Å²) in [6, 6.07) is 30.1. The first-order valence-electron chi connectivity index (χ1n) is 15.8. The Bertz CT molecular complexity index is 1670. The second-order valence-electron chi connectivity index (χ2n) is 11.7. The van der Waals surface area contributed by atoms with Gasteiger partial charge in [0.1, 0.15) is 25.0 Å². The van der Waals surface area contributed by atoms with Crippen LogP contribution in [-0.4, -0.2) is 41.7 Å². The molecule has 256 valence electrons. The highest BCUT2D eigenvalue weighted by Gasteiger charge is 2.50. The maximum atomic E-state index is 15.5. The minimum absolute atomic E-state index is 0.0599. The number of carbonyl (C=O) groups is 4. The first-order valence-corrected chi connectivity index (χ1v) is 15.8. The molecule has 0 aromatic heterocycles. The van der Waals surface area contributed by atoms with Gasteiger partial charge in [-0.2, -0.15) is 8.78 Å². The maximum absolute atomic E-state index is 15.5. The molecule has 0 unspecified atom stereocenters. The monoisotopic (exact) mass is 671 g/mol. The van der Waals surface area contributed by atoms with Crippen LogP contribution in [-0.2, 0) is 45.3 Å². The van der Waals surface area contributed by atoms with Crippen molar-refractivity contribution in [2.45, 2.75) is 58.0 Å². The SMILES string of the molecule is CC(C)[C@H](NC(=O)OCc1ccccc1)C(=O)N[C@@H](Cc1ccc(OCc2ccccc2)cc1)C(=O)C(F)(F)C(=O)NCc1ccccc1. The Morgan fingerprint density at radius 1 is 0.673 bits per heavy atom. The molecular formula is C38H39F2N3O6. The highest BCUT2D eigenvalue weighted by atomic mass is 19.3. The van der Waals surface area contributed by atoms with Crippen LogP contribution in [0.3, 0.4) is 0 Å². The van der Waals surface area contributed by atoms with Gasteiger partial charge in [0.05, 0.1) is 6.04 Å². The van der Waals surface area contributed by atoms with Gasteiger partial charge in [-0.15, -0.1) is 0 Å². The molecule has 0 saturated heterocycles. The maximum Gasteiger partial charge on any atom is 0.408 e. The van der Waals surface area contributed by atoms with Gasteiger partial charge in [-0.1, -0.05) is 117 Å². The molecule has 3 N–H and O–H groups in total. The van der Waals surface area contributed by atoms with Crippen molar-refractivity contribution >= 4 is 23.7 Å². The van der Waals surface area contributed by atoms with E-state index in [-0.39, 0.29) is 19.6 Å². The van der Waals surface area contributed by atoms with Gasteiger partial charge in [0.25, 0.3) is 5.91 Å². The molecule has 0 fully saturated rings. The van der Waals surface area contributed by atoms with Gasteiger partial charge in [-0.05, 0) is 40.3 Å². The number of benzene rings is 4. The number of ketones is 1. The molecule has 0 bridgehead atoms. The molecule has 0 spiro atoms. The van der Waals surface area contributed by atoms with Crippen LogP contribution >= 0.6 is 0 Å². The smallest absolute Gasteiger partial charge is 0.408 e. The molecule has 0 aliphatic heterocycles. The number of ether oxygens (including phenoxy) is 2. The molecule has 0 saturated carbocycles. The predicted octanol–water partition coefficient (Wildman–Crippen LogP) is 5.76. The van der Waals surface area contributed by atoms with E-state index in [1.807, 2.05) is 36.4 Å². The lowest BCUT2D eigenvalue weighted by Gasteiger charge is -2.27. The minimum Gasteiger partial charge on any atom is -0.489 e. The van der Waals surface area contributed by atoms with Crippen molar-refractivity contribution in [2.75, 3.05) is 0 Å². The Kier molecular flexibility index (Phi) is 13.0. The van der Waals surface area contributed by atoms with Crippen molar-refractivity contribution in [2.24, 2.45) is 5.92 Å². The third-order valence-corrected chi connectivity index (χ3v) is 7.57. The topological polar surface area (TPSA) is 123 Å². The van der Waals surface area contributed by atoms with Crippen molar-refractivity contribution in [1.29, 1.82) is 0 Å². The van der Waals surface area contributed by atoms with Crippen molar-refractivity contribution in [1.82, 2.24) is 16.0 Å². The predicted molar refractivity (Wildman–Crippen MR) is 179 cm³/mol. The van der Waals surface area contributed by atoms with E-state index in [0.29, 0.717) is 23.5 Å². The molecule has 4 aromatic carbocycles. The van der Waals surface area contributed by atoms with E-state index in [4.69, 9.17) is 9.47 Å². The largest absolute Gasteiger partial charge is 0.489 e. The van der Waals surface area contributed by atoms with E-state index in [2.05, 4.69) is 16.0 Å². The highest BCUT2D eigenvalue weighted by Crippen LogP contribution is 2.22. The van der Waals surface area contributed by atoms with Gasteiger partial charge in [0.15, 0.2) is 0 Å². The summed E-state index contributed by atoms with van der Waals surface area (Å²) in [6.07, 6.45) is -1.27. The lowest BCUT2D eigenvalue weighted by molar-refractivity contribution is -0.160. The molecule has 4 aromatic rings. The van der Waals surface area contributed by atoms with Gasteiger partial charge in [0, 0.05) is 13.0 Å². The summed E-state index contributed by atoms with van der Waals surface area (Å²) in [5.41, 5.74) is 2.65. The normalized spacial score (nSPS) is 12.3. The quantitative estimate of drug-likeness (QED) is 0.130. The number of halogens is 2. The van der Waals surface area contributed by atoms with Gasteiger partial charge >= 0.3 is 12.0 Å². The summed E-state index contributed by atoms with van der Waals surface area (Å²) in [6.45, 7) is 3.29. The fourth-order valence-electron chi connectivity index (χ4n) is 4.82. The van der Waals surface area contributed by atoms with Gasteiger partial charge < -0.3 is 25.4 Å². The number of carbonyl (C=O) groups excluding carboxylic acids is 4. The van der Waals surface area contributed by atoms with E-state index in [1.165, 1.54) is 0 Å². The molecule has 4 rings (SSSR count). The average molecular weight is 672 g/mol. The Balaban J connectivity index is 1.48. The van der Waals surface area contributed by atoms with E-state index < -0.39 is 47.6 Å². The van der Waals surface area contributed by atoms with Crippen molar-refractivity contribution in [3.63, 3.8) is 0 Å². The summed E-state index contributed by atoms with van der Waals surface area (Å²) in [5, 5.41) is 6.94. The number of Topliss-reactive ketones (excluding diaryl/α,β-unsaturated/α-hetero) is 1. The summed E-state index contributed by atoms with van der Waals surface area (Å²) in [7, 11) is 0. The summed E-state index contributed by atoms with van der Waals surface area (Å²) in [5.74, 6) is -8.99. The Hall–Kier alpha value is -5.58. The number of alkyl halides is 2. The Morgan fingerprint density at radius 3 is 1.76 bits per heavy atom. The third kappa shape index (κ3) is 11.0. The van der Waals surface area contributed by atoms with E-state index >= 15 is 8.78 Å². The van der Waals surface area contributed by atoms with Crippen molar-refractivity contribution in [3.8, 4) is 5.75 Å². The lowest BCUT2D eigenvalue weighted by Crippen LogP contribution is -2.59. The van der Waals surface area contributed by atoms with Crippen LogP contribution in [0, 0.1) is 5.92 Å². The van der Waals surface area contributed by atoms with Gasteiger partial charge in [-0.3, -0.25) is 14.4 Å². The molecule has 0 heterocycles. The molecule has 2 atom stereocenters. The summed E-state index contributed by atoms with van der Waals surface area (Å²) >= 11 is 0. The minimum atomic E-state index is -4.49. The molecule has 0 radical (unpaired) electrons. The van der Waals surface area contributed by atoms with Gasteiger partial charge in [-0.25, -0.2) is 4.79 Å². The van der Waals surface area contributed by atoms with E-state index in [0.717, 1.165) is 11.1 Å². The van der Waals surface area contributed by atoms with Gasteiger partial charge in [0.2, 0.25) is 11.7 Å². The number of amides is 3. The average Bonchev–Trinajstić information content (AvgIpc) is 3.12. The first kappa shape index (κ1) is 36.3. The van der Waals surface area contributed by atoms with Crippen LogP contribution in [0.1, 0.15) is 36.1 Å². The second kappa shape index (κ2) is 17.5. The Labute approximate surface area is 284 Å². The van der Waals surface area contributed by atoms with Crippen LogP contribution in [0.15, 0.2) is 115 Å². The molecule has 49 heavy (non-hydrogen) atoms. The zero-order valence-corrected chi connectivity index (χ0v) is 27.2. The third-order valence-electron chi connectivity index (χ3n) is 7.57. The van der Waals surface area contributed by atoms with Crippen LogP contribution < -0.4 is 20.7 Å². The van der Waals surface area contributed by atoms with E-state index in [9.17, 15) is 19.2 Å². The van der Waals surface area contributed by atoms with Crippen molar-refractivity contribution < 1.29 is 37.4 Å². The van der Waals surface area contributed by atoms with Crippen LogP contribution in [0.2, 0.25) is 0 Å². The fraction of sp³-hybridized carbons (Fsp3) is 0.263. The summed E-state index contributed by atoms with van der Waals surface area (Å²) < 4.78 is 41.9. The molecule has 11 heteroatoms. The van der Waals surface area contributed by atoms with Crippen LogP contribution in [0.4, 0.5) is 13.6 Å². The molecule has 0 aliphatic rings. The molecular weight excluding hydrogens is 632 g/mol. The summed E-state index contributed by atoms with van der Waals surface area (Å²) in [4.78, 5) is 52.1. The van der Waals surface area contributed by atoms with E-state index in [1.54, 1.807) is 92.7 Å². The van der Waals surface area contributed by atoms with Crippen LogP contribution in [0.25, 0.3) is 0 Å². The lowest BCUT2D eigenvalue weighted by atomic mass is 9.96. The Morgan fingerprint density at radius 2 is 1.20 bits per heavy atom. The second-order valence-corrected chi connectivity index (χ2v) is 11.7. The molecule has 0 aliphatic carbocycles. The van der Waals surface area contributed by atoms with Crippen LogP contribution in [0.5, 0.6) is 5.75 Å². The highest BCUT2D eigenvalue weighted by molar-refractivity contribution is 6.10. The number of nitrogens with one attached hydrogen (secondary N) is 3. The molecule has 9 nitrogen and oxygen atoms in total. The number of hydrogen-bond acceptors (Lipinski definition) is 6. The zero-order chi connectivity index (χ0) is 35.2. The number of rotatable bonds is 16. The standard InChI is InChI=1S/C38H39F2N3O6/c1-26(2)33(43-37(47)49-25-30-16-10-5-11-17-30)35(45)42-32(34(44)38(39,40)36(46)41-23-28-12-6-3-7-13-28)22-27-18-20-31(21-19-27)48-24-29-14-8-4-9-15-29/h3-21,26,32-33H,22-25H2,1-2H3,(H,41,46)(H,42,45)(H,43,47)/t32-,33-/m0/s1. The van der Waals surface area contributed by atoms with Crippen molar-refractivity contribution in [3.05, 3.63) is 138 Å². The fourth-order valence-corrected chi connectivity index (χ4v) is 4.82.